The third kappa shape index (κ3) is 6.81. The Balaban J connectivity index is 0.00000220. The van der Waals surface area contributed by atoms with Gasteiger partial charge in [0.2, 0.25) is 0 Å². The van der Waals surface area contributed by atoms with Gasteiger partial charge in [0, 0.05) is 13.6 Å². The molecule has 2 N–H and O–H groups in total. The SMILES string of the molecule is CN=C(NCCOc1ccccc1)NCc1ccsc1.I. The van der Waals surface area contributed by atoms with Crippen molar-refractivity contribution in [3.05, 3.63) is 52.7 Å². The number of nitrogens with zero attached hydrogens (tertiary/aromatic N) is 1. The second kappa shape index (κ2) is 10.4. The Kier molecular flexibility index (Phi) is 8.84. The van der Waals surface area contributed by atoms with Crippen molar-refractivity contribution in [3.63, 3.8) is 0 Å². The maximum atomic E-state index is 5.61. The number of halogens is 1. The van der Waals surface area contributed by atoms with Crippen molar-refractivity contribution in [2.75, 3.05) is 20.2 Å². The summed E-state index contributed by atoms with van der Waals surface area (Å²) in [4.78, 5) is 4.17. The van der Waals surface area contributed by atoms with Crippen LogP contribution in [0.15, 0.2) is 52.2 Å². The standard InChI is InChI=1S/C15H19N3OS.HI/c1-16-15(18-11-13-7-10-20-12-13)17-8-9-19-14-5-3-2-4-6-14;/h2-7,10,12H,8-9,11H2,1H3,(H2,16,17,18);1H. The van der Waals surface area contributed by atoms with E-state index < -0.39 is 0 Å². The average Bonchev–Trinajstić information content (AvgIpc) is 3.01. The third-order valence-electron chi connectivity index (χ3n) is 2.67. The Labute approximate surface area is 146 Å². The van der Waals surface area contributed by atoms with Crippen LogP contribution in [0.1, 0.15) is 5.56 Å². The van der Waals surface area contributed by atoms with Gasteiger partial charge in [0.05, 0.1) is 6.54 Å². The lowest BCUT2D eigenvalue weighted by Gasteiger charge is -2.12. The van der Waals surface area contributed by atoms with Crippen LogP contribution in [0.4, 0.5) is 0 Å². The van der Waals surface area contributed by atoms with Crippen LogP contribution in [0.3, 0.4) is 0 Å². The zero-order valence-electron chi connectivity index (χ0n) is 11.9. The molecule has 1 aromatic heterocycles. The van der Waals surface area contributed by atoms with Crippen molar-refractivity contribution in [1.82, 2.24) is 10.6 Å². The number of rotatable bonds is 6. The van der Waals surface area contributed by atoms with Gasteiger partial charge in [-0.1, -0.05) is 18.2 Å². The number of aliphatic imine (C=N–C) groups is 1. The number of nitrogens with one attached hydrogen (secondary N) is 2. The van der Waals surface area contributed by atoms with E-state index in [4.69, 9.17) is 4.74 Å². The second-order valence-electron chi connectivity index (χ2n) is 4.15. The topological polar surface area (TPSA) is 45.7 Å². The summed E-state index contributed by atoms with van der Waals surface area (Å²) in [6.45, 7) is 2.09. The molecule has 0 aliphatic heterocycles. The summed E-state index contributed by atoms with van der Waals surface area (Å²) in [5, 5.41) is 10.7. The van der Waals surface area contributed by atoms with Crippen LogP contribution in [-0.4, -0.2) is 26.2 Å². The van der Waals surface area contributed by atoms with Crippen molar-refractivity contribution in [1.29, 1.82) is 0 Å². The molecule has 0 atom stereocenters. The van der Waals surface area contributed by atoms with Crippen LogP contribution in [-0.2, 0) is 6.54 Å². The van der Waals surface area contributed by atoms with E-state index in [1.54, 1.807) is 18.4 Å². The summed E-state index contributed by atoms with van der Waals surface area (Å²) in [5.41, 5.74) is 1.26. The minimum Gasteiger partial charge on any atom is -0.492 e. The molecule has 0 unspecified atom stereocenters. The Morgan fingerprint density at radius 2 is 2.00 bits per heavy atom. The largest absolute Gasteiger partial charge is 0.492 e. The number of benzene rings is 1. The van der Waals surface area contributed by atoms with Crippen LogP contribution in [0, 0.1) is 0 Å². The average molecular weight is 417 g/mol. The molecule has 2 aromatic rings. The molecular formula is C15H20IN3OS. The lowest BCUT2D eigenvalue weighted by atomic mass is 10.3. The van der Waals surface area contributed by atoms with Gasteiger partial charge in [0.25, 0.3) is 0 Å². The fourth-order valence-electron chi connectivity index (χ4n) is 1.65. The van der Waals surface area contributed by atoms with Crippen LogP contribution in [0.25, 0.3) is 0 Å². The number of hydrogen-bond acceptors (Lipinski definition) is 3. The molecule has 21 heavy (non-hydrogen) atoms. The van der Waals surface area contributed by atoms with Crippen molar-refractivity contribution < 1.29 is 4.74 Å². The summed E-state index contributed by atoms with van der Waals surface area (Å²) in [6, 6.07) is 11.9. The molecular weight excluding hydrogens is 397 g/mol. The molecule has 0 spiro atoms. The van der Waals surface area contributed by atoms with Gasteiger partial charge in [0.1, 0.15) is 12.4 Å². The summed E-state index contributed by atoms with van der Waals surface area (Å²) in [5.74, 6) is 1.67. The molecule has 0 radical (unpaired) electrons. The highest BCUT2D eigenvalue weighted by Crippen LogP contribution is 2.07. The van der Waals surface area contributed by atoms with E-state index in [9.17, 15) is 0 Å². The third-order valence-corrected chi connectivity index (χ3v) is 3.40. The summed E-state index contributed by atoms with van der Waals surface area (Å²) in [6.07, 6.45) is 0. The minimum absolute atomic E-state index is 0. The van der Waals surface area contributed by atoms with Crippen LogP contribution >= 0.6 is 35.3 Å². The maximum Gasteiger partial charge on any atom is 0.191 e. The zero-order chi connectivity index (χ0) is 14.0. The fourth-order valence-corrected chi connectivity index (χ4v) is 2.32. The van der Waals surface area contributed by atoms with E-state index in [0.717, 1.165) is 18.3 Å². The molecule has 0 bridgehead atoms. The summed E-state index contributed by atoms with van der Waals surface area (Å²) < 4.78 is 5.61. The number of guanidine groups is 1. The highest BCUT2D eigenvalue weighted by atomic mass is 127. The molecule has 0 aliphatic carbocycles. The molecule has 0 fully saturated rings. The first kappa shape index (κ1) is 17.8. The maximum absolute atomic E-state index is 5.61. The number of hydrogen-bond donors (Lipinski definition) is 2. The van der Waals surface area contributed by atoms with Crippen molar-refractivity contribution in [2.45, 2.75) is 6.54 Å². The normalized spacial score (nSPS) is 10.6. The molecule has 0 amide bonds. The fraction of sp³-hybridized carbons (Fsp3) is 0.267. The number of ether oxygens (including phenoxy) is 1. The summed E-state index contributed by atoms with van der Waals surface area (Å²) in [7, 11) is 1.76. The highest BCUT2D eigenvalue weighted by molar-refractivity contribution is 14.0. The molecule has 1 heterocycles. The van der Waals surface area contributed by atoms with Crippen molar-refractivity contribution in [3.8, 4) is 5.75 Å². The minimum atomic E-state index is 0. The predicted octanol–water partition coefficient (Wildman–Crippen LogP) is 3.11. The molecule has 0 aliphatic rings. The highest BCUT2D eigenvalue weighted by Gasteiger charge is 1.98. The van der Waals surface area contributed by atoms with Gasteiger partial charge in [-0.25, -0.2) is 0 Å². The lowest BCUT2D eigenvalue weighted by molar-refractivity contribution is 0.322. The van der Waals surface area contributed by atoms with E-state index in [2.05, 4.69) is 32.5 Å². The molecule has 0 saturated carbocycles. The van der Waals surface area contributed by atoms with Crippen molar-refractivity contribution >= 4 is 41.3 Å². The van der Waals surface area contributed by atoms with Gasteiger partial charge in [0.15, 0.2) is 5.96 Å². The summed E-state index contributed by atoms with van der Waals surface area (Å²) >= 11 is 1.70. The van der Waals surface area contributed by atoms with Gasteiger partial charge in [-0.15, -0.1) is 24.0 Å². The lowest BCUT2D eigenvalue weighted by Crippen LogP contribution is -2.38. The Morgan fingerprint density at radius 1 is 1.19 bits per heavy atom. The number of thiophene rings is 1. The van der Waals surface area contributed by atoms with E-state index in [-0.39, 0.29) is 24.0 Å². The second-order valence-corrected chi connectivity index (χ2v) is 4.93. The number of para-hydroxylation sites is 1. The Bertz CT molecular complexity index is 517. The monoisotopic (exact) mass is 417 g/mol. The molecule has 4 nitrogen and oxygen atoms in total. The molecule has 2 rings (SSSR count). The van der Waals surface area contributed by atoms with Gasteiger partial charge >= 0.3 is 0 Å². The van der Waals surface area contributed by atoms with Crippen LogP contribution in [0.5, 0.6) is 5.75 Å². The Morgan fingerprint density at radius 3 is 2.67 bits per heavy atom. The van der Waals surface area contributed by atoms with Gasteiger partial charge in [-0.3, -0.25) is 4.99 Å². The van der Waals surface area contributed by atoms with Crippen LogP contribution in [0.2, 0.25) is 0 Å². The molecule has 114 valence electrons. The first-order valence-electron chi connectivity index (χ1n) is 6.52. The molecule has 6 heteroatoms. The van der Waals surface area contributed by atoms with Crippen molar-refractivity contribution in [2.24, 2.45) is 4.99 Å². The van der Waals surface area contributed by atoms with E-state index >= 15 is 0 Å². The predicted molar refractivity (Wildman–Crippen MR) is 99.9 cm³/mol. The van der Waals surface area contributed by atoms with Crippen LogP contribution < -0.4 is 15.4 Å². The Hall–Kier alpha value is -1.28. The van der Waals surface area contributed by atoms with E-state index in [0.29, 0.717) is 13.2 Å². The smallest absolute Gasteiger partial charge is 0.191 e. The van der Waals surface area contributed by atoms with E-state index in [1.807, 2.05) is 30.3 Å². The zero-order valence-corrected chi connectivity index (χ0v) is 15.1. The van der Waals surface area contributed by atoms with Gasteiger partial charge < -0.3 is 15.4 Å². The first-order chi connectivity index (χ1) is 9.88. The quantitative estimate of drug-likeness (QED) is 0.329. The first-order valence-corrected chi connectivity index (χ1v) is 7.46. The van der Waals surface area contributed by atoms with Gasteiger partial charge in [-0.2, -0.15) is 11.3 Å². The molecule has 1 aromatic carbocycles. The molecule has 0 saturated heterocycles. The van der Waals surface area contributed by atoms with Gasteiger partial charge in [-0.05, 0) is 34.5 Å². The van der Waals surface area contributed by atoms with E-state index in [1.165, 1.54) is 5.56 Å².